The van der Waals surface area contributed by atoms with Gasteiger partial charge in [0.1, 0.15) is 18.2 Å². The Morgan fingerprint density at radius 3 is 2.38 bits per heavy atom. The van der Waals surface area contributed by atoms with E-state index in [1.165, 1.54) is 12.1 Å². The van der Waals surface area contributed by atoms with Crippen molar-refractivity contribution in [2.45, 2.75) is 32.9 Å². The van der Waals surface area contributed by atoms with Crippen LogP contribution in [0.2, 0.25) is 0 Å². The van der Waals surface area contributed by atoms with Crippen LogP contribution in [-0.4, -0.2) is 18.6 Å². The van der Waals surface area contributed by atoms with Crippen molar-refractivity contribution in [3.8, 4) is 5.75 Å². The van der Waals surface area contributed by atoms with Gasteiger partial charge in [0.2, 0.25) is 0 Å². The van der Waals surface area contributed by atoms with E-state index in [1.807, 2.05) is 6.92 Å². The Hall–Kier alpha value is -3.35. The van der Waals surface area contributed by atoms with Gasteiger partial charge in [-0.1, -0.05) is 31.2 Å². The molecule has 1 unspecified atom stereocenters. The van der Waals surface area contributed by atoms with Crippen LogP contribution in [0.5, 0.6) is 5.75 Å². The molecule has 0 aliphatic carbocycles. The minimum absolute atomic E-state index is 0.246. The zero-order valence-electron chi connectivity index (χ0n) is 16.3. The summed E-state index contributed by atoms with van der Waals surface area (Å²) in [5.74, 6) is -0.131. The summed E-state index contributed by atoms with van der Waals surface area (Å²) in [5.41, 5.74) is 2.53. The normalized spacial score (nSPS) is 16.1. The number of urea groups is 1. The van der Waals surface area contributed by atoms with Crippen molar-refractivity contribution < 1.29 is 23.5 Å². The molecular formula is C22H23FN2O4. The molecule has 152 valence electrons. The molecule has 1 aliphatic heterocycles. The number of halogens is 1. The molecule has 7 heteroatoms. The lowest BCUT2D eigenvalue weighted by atomic mass is 9.94. The van der Waals surface area contributed by atoms with E-state index < -0.39 is 12.0 Å². The predicted molar refractivity (Wildman–Crippen MR) is 106 cm³/mol. The number of esters is 1. The molecule has 2 N–H and O–H groups in total. The minimum atomic E-state index is -0.608. The number of hydrogen-bond donors (Lipinski definition) is 2. The summed E-state index contributed by atoms with van der Waals surface area (Å²) in [5, 5.41) is 5.47. The van der Waals surface area contributed by atoms with Crippen LogP contribution >= 0.6 is 0 Å². The highest BCUT2D eigenvalue weighted by Crippen LogP contribution is 2.30. The van der Waals surface area contributed by atoms with Crippen LogP contribution in [0.1, 0.15) is 37.4 Å². The second-order valence-corrected chi connectivity index (χ2v) is 6.48. The highest BCUT2D eigenvalue weighted by Gasteiger charge is 2.32. The van der Waals surface area contributed by atoms with E-state index in [9.17, 15) is 14.0 Å². The number of carbonyl (C=O) groups excluding carboxylic acids is 2. The lowest BCUT2D eigenvalue weighted by molar-refractivity contribution is -0.139. The summed E-state index contributed by atoms with van der Waals surface area (Å²) in [7, 11) is 0. The molecule has 1 atom stereocenters. The fourth-order valence-corrected chi connectivity index (χ4v) is 3.10. The van der Waals surface area contributed by atoms with Gasteiger partial charge in [0, 0.05) is 5.70 Å². The average Bonchev–Trinajstić information content (AvgIpc) is 2.73. The molecule has 3 rings (SSSR count). The van der Waals surface area contributed by atoms with E-state index in [4.69, 9.17) is 9.47 Å². The number of carbonyl (C=O) groups is 2. The first-order chi connectivity index (χ1) is 14.0. The van der Waals surface area contributed by atoms with Gasteiger partial charge < -0.3 is 20.1 Å². The van der Waals surface area contributed by atoms with Gasteiger partial charge in [-0.3, -0.25) is 0 Å². The van der Waals surface area contributed by atoms with Gasteiger partial charge in [0.15, 0.2) is 0 Å². The number of benzene rings is 2. The van der Waals surface area contributed by atoms with Gasteiger partial charge in [-0.2, -0.15) is 0 Å². The fourth-order valence-electron chi connectivity index (χ4n) is 3.10. The SMILES string of the molecule is CCOC(=O)C1=C(CC)NC(=O)NC1c1ccc(OCc2ccc(F)cc2)cc1. The Morgan fingerprint density at radius 2 is 1.76 bits per heavy atom. The molecule has 0 bridgehead atoms. The summed E-state index contributed by atoms with van der Waals surface area (Å²) < 4.78 is 23.9. The predicted octanol–water partition coefficient (Wildman–Crippen LogP) is 3.99. The van der Waals surface area contributed by atoms with Crippen molar-refractivity contribution in [2.75, 3.05) is 6.61 Å². The Bertz CT molecular complexity index is 907. The molecule has 2 amide bonds. The maximum absolute atomic E-state index is 13.0. The van der Waals surface area contributed by atoms with E-state index in [0.717, 1.165) is 11.1 Å². The quantitative estimate of drug-likeness (QED) is 0.692. The highest BCUT2D eigenvalue weighted by molar-refractivity contribution is 5.95. The first-order valence-corrected chi connectivity index (χ1v) is 9.46. The van der Waals surface area contributed by atoms with E-state index in [0.29, 0.717) is 30.0 Å². The molecule has 6 nitrogen and oxygen atoms in total. The molecule has 0 saturated carbocycles. The third-order valence-electron chi connectivity index (χ3n) is 4.53. The Kier molecular flexibility index (Phi) is 6.49. The number of rotatable bonds is 7. The molecule has 0 fully saturated rings. The average molecular weight is 398 g/mol. The third kappa shape index (κ3) is 4.93. The second-order valence-electron chi connectivity index (χ2n) is 6.48. The van der Waals surface area contributed by atoms with Gasteiger partial charge in [-0.15, -0.1) is 0 Å². The summed E-state index contributed by atoms with van der Waals surface area (Å²) >= 11 is 0. The number of allylic oxidation sites excluding steroid dienone is 1. The Labute approximate surface area is 168 Å². The lowest BCUT2D eigenvalue weighted by Crippen LogP contribution is -2.45. The van der Waals surface area contributed by atoms with E-state index >= 15 is 0 Å². The van der Waals surface area contributed by atoms with Crippen molar-refractivity contribution in [1.29, 1.82) is 0 Å². The molecule has 0 saturated heterocycles. The molecular weight excluding hydrogens is 375 g/mol. The number of hydrogen-bond acceptors (Lipinski definition) is 4. The van der Waals surface area contributed by atoms with E-state index in [-0.39, 0.29) is 18.5 Å². The maximum atomic E-state index is 13.0. The molecule has 1 heterocycles. The maximum Gasteiger partial charge on any atom is 0.338 e. The lowest BCUT2D eigenvalue weighted by Gasteiger charge is -2.29. The van der Waals surface area contributed by atoms with Gasteiger partial charge in [0.25, 0.3) is 0 Å². The van der Waals surface area contributed by atoms with Crippen LogP contribution in [0, 0.1) is 5.82 Å². The summed E-state index contributed by atoms with van der Waals surface area (Å²) in [6.45, 7) is 4.15. The zero-order chi connectivity index (χ0) is 20.8. The summed E-state index contributed by atoms with van der Waals surface area (Å²) in [4.78, 5) is 24.5. The van der Waals surface area contributed by atoms with Crippen LogP contribution < -0.4 is 15.4 Å². The van der Waals surface area contributed by atoms with E-state index in [2.05, 4.69) is 10.6 Å². The van der Waals surface area contributed by atoms with Crippen molar-refractivity contribution in [1.82, 2.24) is 10.6 Å². The van der Waals surface area contributed by atoms with Gasteiger partial charge in [-0.05, 0) is 48.7 Å². The van der Waals surface area contributed by atoms with Crippen molar-refractivity contribution in [2.24, 2.45) is 0 Å². The highest BCUT2D eigenvalue weighted by atomic mass is 19.1. The van der Waals surface area contributed by atoms with Crippen LogP contribution in [-0.2, 0) is 16.1 Å². The molecule has 29 heavy (non-hydrogen) atoms. The zero-order valence-corrected chi connectivity index (χ0v) is 16.3. The number of nitrogens with one attached hydrogen (secondary N) is 2. The Morgan fingerprint density at radius 1 is 1.07 bits per heavy atom. The largest absolute Gasteiger partial charge is 0.489 e. The third-order valence-corrected chi connectivity index (χ3v) is 4.53. The minimum Gasteiger partial charge on any atom is -0.489 e. The molecule has 0 spiro atoms. The van der Waals surface area contributed by atoms with E-state index in [1.54, 1.807) is 43.3 Å². The van der Waals surface area contributed by atoms with Crippen molar-refractivity contribution in [3.63, 3.8) is 0 Å². The number of ether oxygens (including phenoxy) is 2. The first-order valence-electron chi connectivity index (χ1n) is 9.46. The molecule has 0 radical (unpaired) electrons. The standard InChI is InChI=1S/C22H23FN2O4/c1-3-18-19(21(26)28-4-2)20(25-22(27)24-18)15-7-11-17(12-8-15)29-13-14-5-9-16(23)10-6-14/h5-12,20H,3-4,13H2,1-2H3,(H2,24,25,27). The first kappa shape index (κ1) is 20.4. The molecule has 2 aromatic rings. The van der Waals surface area contributed by atoms with Crippen LogP contribution in [0.3, 0.4) is 0 Å². The second kappa shape index (κ2) is 9.23. The molecule has 0 aromatic heterocycles. The monoisotopic (exact) mass is 398 g/mol. The van der Waals surface area contributed by atoms with Crippen LogP contribution in [0.25, 0.3) is 0 Å². The van der Waals surface area contributed by atoms with Gasteiger partial charge in [-0.25, -0.2) is 14.0 Å². The van der Waals surface area contributed by atoms with Gasteiger partial charge >= 0.3 is 12.0 Å². The van der Waals surface area contributed by atoms with Crippen LogP contribution in [0.4, 0.5) is 9.18 Å². The summed E-state index contributed by atoms with van der Waals surface area (Å²) in [6.07, 6.45) is 0.497. The molecule has 1 aliphatic rings. The van der Waals surface area contributed by atoms with Crippen molar-refractivity contribution >= 4 is 12.0 Å². The van der Waals surface area contributed by atoms with Crippen LogP contribution in [0.15, 0.2) is 59.8 Å². The summed E-state index contributed by atoms with van der Waals surface area (Å²) in [6, 6.07) is 12.2. The fraction of sp³-hybridized carbons (Fsp3) is 0.273. The molecule has 2 aromatic carbocycles. The van der Waals surface area contributed by atoms with Crippen molar-refractivity contribution in [3.05, 3.63) is 76.7 Å². The topological polar surface area (TPSA) is 76.7 Å². The smallest absolute Gasteiger partial charge is 0.338 e. The Balaban J connectivity index is 1.78. The number of amides is 2. The van der Waals surface area contributed by atoms with Gasteiger partial charge in [0.05, 0.1) is 18.2 Å².